The Bertz CT molecular complexity index is 614. The Morgan fingerprint density at radius 1 is 0.778 bits per heavy atom. The summed E-state index contributed by atoms with van der Waals surface area (Å²) in [5.41, 5.74) is 6.05. The highest BCUT2D eigenvalue weighted by Crippen LogP contribution is 2.57. The van der Waals surface area contributed by atoms with Crippen LogP contribution in [0.1, 0.15) is 77.0 Å². The number of carbonyl (C=O) groups excluding carboxylic acids is 1. The fourth-order valence-electron chi connectivity index (χ4n) is 9.06. The summed E-state index contributed by atoms with van der Waals surface area (Å²) in [7, 11) is 0. The quantitative estimate of drug-likeness (QED) is 0.570. The number of hydrogen-bond acceptors (Lipinski definition) is 3. The number of nitrogens with two attached hydrogens (primary N) is 1. The number of nitrogens with zero attached hydrogens (tertiary/aromatic N) is 1. The lowest BCUT2D eigenvalue weighted by atomic mass is 9.53. The van der Waals surface area contributed by atoms with Crippen LogP contribution in [-0.2, 0) is 4.74 Å². The zero-order valence-electron chi connectivity index (χ0n) is 16.3. The van der Waals surface area contributed by atoms with E-state index in [2.05, 4.69) is 5.32 Å². The van der Waals surface area contributed by atoms with Crippen LogP contribution in [0.2, 0.25) is 0 Å². The molecule has 0 heterocycles. The molecule has 0 atom stereocenters. The van der Waals surface area contributed by atoms with E-state index in [9.17, 15) is 4.79 Å². The first kappa shape index (κ1) is 16.7. The molecule has 3 N–H and O–H groups in total. The van der Waals surface area contributed by atoms with Gasteiger partial charge in [-0.15, -0.1) is 0 Å². The number of amides is 1. The molecule has 8 bridgehead atoms. The van der Waals surface area contributed by atoms with Crippen LogP contribution in [0.15, 0.2) is 4.99 Å². The molecule has 0 unspecified atom stereocenters. The molecule has 0 spiro atoms. The van der Waals surface area contributed by atoms with Crippen LogP contribution in [0.25, 0.3) is 0 Å². The van der Waals surface area contributed by atoms with Gasteiger partial charge in [0.15, 0.2) is 0 Å². The number of nitrogens with one attached hydrogen (secondary N) is 1. The van der Waals surface area contributed by atoms with Crippen LogP contribution < -0.4 is 11.1 Å². The van der Waals surface area contributed by atoms with Crippen molar-refractivity contribution in [2.24, 2.45) is 46.2 Å². The Hall–Kier alpha value is -1.26. The van der Waals surface area contributed by atoms with Crippen LogP contribution in [0.4, 0.5) is 4.79 Å². The van der Waals surface area contributed by atoms with Crippen molar-refractivity contribution in [1.82, 2.24) is 5.32 Å². The third-order valence-corrected chi connectivity index (χ3v) is 8.96. The first-order valence-corrected chi connectivity index (χ1v) is 11.3. The number of amidine groups is 1. The second kappa shape index (κ2) is 5.64. The Morgan fingerprint density at radius 2 is 1.19 bits per heavy atom. The molecule has 8 rings (SSSR count). The van der Waals surface area contributed by atoms with Crippen molar-refractivity contribution < 1.29 is 9.53 Å². The van der Waals surface area contributed by atoms with E-state index in [1.54, 1.807) is 0 Å². The molecular weight excluding hydrogens is 338 g/mol. The summed E-state index contributed by atoms with van der Waals surface area (Å²) in [6.07, 6.45) is 14.6. The van der Waals surface area contributed by atoms with Gasteiger partial charge in [0.05, 0.1) is 5.54 Å². The van der Waals surface area contributed by atoms with Gasteiger partial charge in [-0.2, -0.15) is 0 Å². The maximum atomic E-state index is 12.6. The Balaban J connectivity index is 1.13. The number of alkyl carbamates (subject to hydrolysis) is 1. The number of ether oxygens (including phenoxy) is 1. The molecule has 5 heteroatoms. The second-order valence-corrected chi connectivity index (χ2v) is 11.3. The molecule has 0 saturated heterocycles. The van der Waals surface area contributed by atoms with Crippen molar-refractivity contribution in [3.63, 3.8) is 0 Å². The highest BCUT2D eigenvalue weighted by atomic mass is 16.6. The predicted molar refractivity (Wildman–Crippen MR) is 103 cm³/mol. The van der Waals surface area contributed by atoms with Crippen LogP contribution >= 0.6 is 0 Å². The van der Waals surface area contributed by atoms with Gasteiger partial charge >= 0.3 is 6.09 Å². The smallest absolute Gasteiger partial charge is 0.376 e. The van der Waals surface area contributed by atoms with E-state index in [0.717, 1.165) is 74.0 Å². The van der Waals surface area contributed by atoms with Crippen molar-refractivity contribution in [2.75, 3.05) is 0 Å². The largest absolute Gasteiger partial charge is 0.415 e. The molecule has 8 aliphatic carbocycles. The van der Waals surface area contributed by atoms with Gasteiger partial charge in [-0.3, -0.25) is 0 Å². The zero-order valence-corrected chi connectivity index (χ0v) is 16.3. The van der Waals surface area contributed by atoms with Crippen molar-refractivity contribution >= 4 is 12.1 Å². The summed E-state index contributed by atoms with van der Waals surface area (Å²) in [6, 6.07) is 0.0965. The number of hydrogen-bond donors (Lipinski definition) is 2. The Kier molecular flexibility index (Phi) is 3.48. The number of rotatable bonds is 2. The summed E-state index contributed by atoms with van der Waals surface area (Å²) in [5, 5.41) is 3.24. The third kappa shape index (κ3) is 2.87. The Morgan fingerprint density at radius 3 is 1.63 bits per heavy atom. The van der Waals surface area contributed by atoms with Crippen molar-refractivity contribution in [1.29, 1.82) is 0 Å². The van der Waals surface area contributed by atoms with Crippen LogP contribution in [0, 0.1) is 35.5 Å². The normalized spacial score (nSPS) is 52.2. The van der Waals surface area contributed by atoms with Gasteiger partial charge in [-0.1, -0.05) is 0 Å². The molecule has 8 fully saturated rings. The lowest BCUT2D eigenvalue weighted by Gasteiger charge is -2.56. The molecule has 5 nitrogen and oxygen atoms in total. The van der Waals surface area contributed by atoms with Crippen molar-refractivity contribution in [2.45, 2.75) is 88.1 Å². The minimum absolute atomic E-state index is 0.0349. The third-order valence-electron chi connectivity index (χ3n) is 8.96. The van der Waals surface area contributed by atoms with E-state index >= 15 is 0 Å². The molecule has 1 amide bonds. The zero-order chi connectivity index (χ0) is 18.2. The van der Waals surface area contributed by atoms with Crippen LogP contribution in [0.3, 0.4) is 0 Å². The predicted octanol–water partition coefficient (Wildman–Crippen LogP) is 3.96. The topological polar surface area (TPSA) is 76.7 Å². The lowest BCUT2D eigenvalue weighted by molar-refractivity contribution is -0.0166. The SMILES string of the molecule is NC(=NC12CC3CC(CC(C3)C1)C2)OC(=O)NC12CC3CC(CC(C3)C1)C2. The molecule has 0 aromatic rings. The fourth-order valence-corrected chi connectivity index (χ4v) is 9.06. The number of carbonyl (C=O) groups is 1. The lowest BCUT2D eigenvalue weighted by Crippen LogP contribution is -2.60. The van der Waals surface area contributed by atoms with E-state index in [1.807, 2.05) is 0 Å². The van der Waals surface area contributed by atoms with Gasteiger partial charge in [0.2, 0.25) is 0 Å². The van der Waals surface area contributed by atoms with Crippen LogP contribution in [0.5, 0.6) is 0 Å². The molecule has 0 aromatic carbocycles. The highest BCUT2D eigenvalue weighted by Gasteiger charge is 2.53. The second-order valence-electron chi connectivity index (χ2n) is 11.3. The van der Waals surface area contributed by atoms with Gasteiger partial charge in [0.1, 0.15) is 0 Å². The highest BCUT2D eigenvalue weighted by molar-refractivity contribution is 5.86. The van der Waals surface area contributed by atoms with Gasteiger partial charge < -0.3 is 15.8 Å². The molecule has 8 saturated carbocycles. The first-order valence-electron chi connectivity index (χ1n) is 11.3. The van der Waals surface area contributed by atoms with Crippen LogP contribution in [-0.4, -0.2) is 23.2 Å². The summed E-state index contributed by atoms with van der Waals surface area (Å²) < 4.78 is 5.51. The van der Waals surface area contributed by atoms with E-state index in [1.165, 1.54) is 38.5 Å². The van der Waals surface area contributed by atoms with E-state index in [-0.39, 0.29) is 23.2 Å². The summed E-state index contributed by atoms with van der Waals surface area (Å²) in [4.78, 5) is 17.4. The average molecular weight is 372 g/mol. The summed E-state index contributed by atoms with van der Waals surface area (Å²) in [6.45, 7) is 0. The molecule has 0 aliphatic heterocycles. The maximum Gasteiger partial charge on any atom is 0.415 e. The minimum Gasteiger partial charge on any atom is -0.376 e. The number of aliphatic imine (C=N–C) groups is 1. The molecule has 27 heavy (non-hydrogen) atoms. The molecule has 0 radical (unpaired) electrons. The summed E-state index contributed by atoms with van der Waals surface area (Å²) in [5.74, 6) is 4.84. The van der Waals surface area contributed by atoms with Gasteiger partial charge in [-0.25, -0.2) is 9.79 Å². The van der Waals surface area contributed by atoms with Crippen molar-refractivity contribution in [3.05, 3.63) is 0 Å². The van der Waals surface area contributed by atoms with Gasteiger partial charge in [0, 0.05) is 5.54 Å². The van der Waals surface area contributed by atoms with E-state index < -0.39 is 0 Å². The molecular formula is C22H33N3O2. The van der Waals surface area contributed by atoms with E-state index in [0.29, 0.717) is 0 Å². The minimum atomic E-state index is -0.372. The summed E-state index contributed by atoms with van der Waals surface area (Å²) >= 11 is 0. The monoisotopic (exact) mass is 371 g/mol. The standard InChI is InChI=1S/C22H33N3O2/c23-19(24-21-7-13-1-14(8-21)3-15(2-13)9-21)27-20(26)25-22-10-16-4-17(11-22)6-18(5-16)12-22/h13-18H,1-12H2,(H2,23,24)(H,25,26). The molecule has 148 valence electrons. The molecule has 8 aliphatic rings. The Labute approximate surface area is 161 Å². The van der Waals surface area contributed by atoms with Crippen molar-refractivity contribution in [3.8, 4) is 0 Å². The van der Waals surface area contributed by atoms with Gasteiger partial charge in [0.25, 0.3) is 6.02 Å². The van der Waals surface area contributed by atoms with E-state index in [4.69, 9.17) is 15.5 Å². The first-order chi connectivity index (χ1) is 13.0. The average Bonchev–Trinajstić information content (AvgIpc) is 2.50. The maximum absolute atomic E-state index is 12.6. The van der Waals surface area contributed by atoms with Gasteiger partial charge in [-0.05, 0) is 113 Å². The fraction of sp³-hybridized carbons (Fsp3) is 0.909. The molecule has 0 aromatic heterocycles.